The average molecular weight is 629 g/mol. The first-order valence-electron chi connectivity index (χ1n) is 16.0. The molecule has 1 saturated carbocycles. The fourth-order valence-corrected chi connectivity index (χ4v) is 7.62. The zero-order chi connectivity index (χ0) is 31.7. The molecule has 4 atom stereocenters. The number of phenolic OH excluding ortho intramolecular Hbond substituents is 1. The molecule has 2 unspecified atom stereocenters. The first-order valence-corrected chi connectivity index (χ1v) is 16.0. The Hall–Kier alpha value is -4.14. The predicted molar refractivity (Wildman–Crippen MR) is 170 cm³/mol. The summed E-state index contributed by atoms with van der Waals surface area (Å²) in [6.45, 7) is 4.58. The Labute approximate surface area is 265 Å². The molecule has 2 aromatic carbocycles. The van der Waals surface area contributed by atoms with Crippen LogP contribution in [0.1, 0.15) is 44.6 Å². The maximum atomic E-state index is 16.8. The summed E-state index contributed by atoms with van der Waals surface area (Å²) in [5, 5.41) is 15.2. The number of terminal acetylenes is 1. The maximum absolute atomic E-state index is 16.8. The van der Waals surface area contributed by atoms with Gasteiger partial charge in [0.1, 0.15) is 41.4 Å². The van der Waals surface area contributed by atoms with E-state index in [4.69, 9.17) is 16.1 Å². The molecule has 2 N–H and O–H groups in total. The molecule has 0 spiro atoms. The SMILES string of the molecule is C#Cc1c(F)ccc2cc(O)cc(-c3ncc4c(N5C[C@H]6CC[C@@H](C5)N6)nc(OCC5(C)CN(C6CC6)CCC5F)nc4c3F)c12. The number of phenols is 1. The molecule has 8 nitrogen and oxygen atoms in total. The van der Waals surface area contributed by atoms with E-state index < -0.39 is 23.2 Å². The molecule has 2 aromatic heterocycles. The van der Waals surface area contributed by atoms with E-state index >= 15 is 8.78 Å². The highest BCUT2D eigenvalue weighted by atomic mass is 19.1. The standard InChI is InChI=1S/C35H35F3N6O2/c1-3-24-27(36)9-4-19-12-23(45)13-25(29(19)24)31-30(38)32-26(14-39-31)33(44-15-20-5-6-21(16-44)40-20)42-34(41-32)46-18-35(2)17-43(22-7-8-22)11-10-28(35)37/h1,4,9,12-14,20-22,28,40,45H,5-8,10-11,15-18H2,2H3/t20-,21+,28?,35?. The average Bonchev–Trinajstić information content (AvgIpc) is 3.84. The predicted octanol–water partition coefficient (Wildman–Crippen LogP) is 5.34. The minimum atomic E-state index is -1.05. The van der Waals surface area contributed by atoms with Crippen molar-refractivity contribution >= 4 is 27.5 Å². The number of aromatic hydroxyl groups is 1. The third kappa shape index (κ3) is 4.99. The number of anilines is 1. The van der Waals surface area contributed by atoms with E-state index in [1.807, 2.05) is 6.92 Å². The fourth-order valence-electron chi connectivity index (χ4n) is 7.62. The van der Waals surface area contributed by atoms with Crippen molar-refractivity contribution in [3.05, 3.63) is 47.7 Å². The van der Waals surface area contributed by atoms with Crippen LogP contribution >= 0.6 is 0 Å². The molecule has 238 valence electrons. The molecule has 8 rings (SSSR count). The van der Waals surface area contributed by atoms with Crippen LogP contribution in [-0.4, -0.2) is 82.0 Å². The van der Waals surface area contributed by atoms with Gasteiger partial charge in [-0.3, -0.25) is 9.88 Å². The van der Waals surface area contributed by atoms with Gasteiger partial charge in [-0.2, -0.15) is 9.97 Å². The summed E-state index contributed by atoms with van der Waals surface area (Å²) >= 11 is 0. The third-order valence-electron chi connectivity index (χ3n) is 10.2. The van der Waals surface area contributed by atoms with Gasteiger partial charge >= 0.3 is 6.01 Å². The molecule has 4 aliphatic rings. The van der Waals surface area contributed by atoms with Gasteiger partial charge in [0, 0.05) is 66.9 Å². The van der Waals surface area contributed by atoms with Crippen LogP contribution in [0.25, 0.3) is 32.9 Å². The molecule has 4 aromatic rings. The van der Waals surface area contributed by atoms with Crippen molar-refractivity contribution in [1.29, 1.82) is 0 Å². The lowest BCUT2D eigenvalue weighted by atomic mass is 9.81. The topological polar surface area (TPSA) is 86.6 Å². The number of halogens is 3. The van der Waals surface area contributed by atoms with Gasteiger partial charge in [0.25, 0.3) is 0 Å². The highest BCUT2D eigenvalue weighted by molar-refractivity contribution is 6.03. The molecule has 2 bridgehead atoms. The molecule has 46 heavy (non-hydrogen) atoms. The number of nitrogens with one attached hydrogen (secondary N) is 1. The zero-order valence-corrected chi connectivity index (χ0v) is 25.6. The number of nitrogens with zero attached hydrogens (tertiary/aromatic N) is 5. The second kappa shape index (κ2) is 11.0. The third-order valence-corrected chi connectivity index (χ3v) is 10.2. The molecule has 5 heterocycles. The van der Waals surface area contributed by atoms with Crippen LogP contribution in [0.3, 0.4) is 0 Å². The van der Waals surface area contributed by atoms with Gasteiger partial charge in [0.15, 0.2) is 5.82 Å². The number of piperidine rings is 1. The van der Waals surface area contributed by atoms with E-state index in [0.717, 1.165) is 32.2 Å². The number of hydrogen-bond donors (Lipinski definition) is 2. The lowest BCUT2D eigenvalue weighted by Gasteiger charge is -2.42. The van der Waals surface area contributed by atoms with E-state index in [1.165, 1.54) is 30.5 Å². The molecule has 4 fully saturated rings. The fraction of sp³-hybridized carbons (Fsp3) is 0.457. The van der Waals surface area contributed by atoms with Gasteiger partial charge in [-0.1, -0.05) is 18.9 Å². The molecule has 1 aliphatic carbocycles. The Kier molecular flexibility index (Phi) is 6.99. The number of hydrogen-bond acceptors (Lipinski definition) is 8. The first-order chi connectivity index (χ1) is 22.2. The van der Waals surface area contributed by atoms with Crippen molar-refractivity contribution in [3.63, 3.8) is 0 Å². The van der Waals surface area contributed by atoms with Crippen molar-refractivity contribution in [2.24, 2.45) is 5.41 Å². The van der Waals surface area contributed by atoms with Crippen molar-refractivity contribution in [2.75, 3.05) is 37.7 Å². The number of benzene rings is 2. The van der Waals surface area contributed by atoms with Gasteiger partial charge in [0.05, 0.1) is 10.9 Å². The summed E-state index contributed by atoms with van der Waals surface area (Å²) in [6, 6.07) is 6.49. The molecule has 3 aliphatic heterocycles. The van der Waals surface area contributed by atoms with Crippen LogP contribution in [0.2, 0.25) is 0 Å². The molecule has 0 amide bonds. The van der Waals surface area contributed by atoms with Gasteiger partial charge in [-0.05, 0) is 55.7 Å². The Morgan fingerprint density at radius 1 is 1.11 bits per heavy atom. The lowest BCUT2D eigenvalue weighted by Crippen LogP contribution is -2.52. The molecule has 11 heteroatoms. The summed E-state index contributed by atoms with van der Waals surface area (Å²) in [6.07, 6.45) is 10.9. The second-order valence-electron chi connectivity index (χ2n) is 13.6. The maximum Gasteiger partial charge on any atom is 0.319 e. The van der Waals surface area contributed by atoms with Gasteiger partial charge in [-0.25, -0.2) is 13.2 Å². The number of rotatable bonds is 6. The summed E-state index contributed by atoms with van der Waals surface area (Å²) < 4.78 is 53.2. The van der Waals surface area contributed by atoms with Gasteiger partial charge in [-0.15, -0.1) is 6.42 Å². The van der Waals surface area contributed by atoms with E-state index in [9.17, 15) is 9.50 Å². The van der Waals surface area contributed by atoms with E-state index in [1.54, 1.807) is 0 Å². The number of aromatic nitrogens is 3. The number of fused-ring (bicyclic) bond motifs is 4. The number of likely N-dealkylation sites (tertiary alicyclic amines) is 1. The smallest absolute Gasteiger partial charge is 0.319 e. The lowest BCUT2D eigenvalue weighted by molar-refractivity contribution is -0.0200. The Bertz CT molecular complexity index is 1900. The minimum absolute atomic E-state index is 0.0313. The summed E-state index contributed by atoms with van der Waals surface area (Å²) in [5.41, 5.74) is -0.865. The van der Waals surface area contributed by atoms with Crippen LogP contribution in [0, 0.1) is 29.4 Å². The van der Waals surface area contributed by atoms with E-state index in [-0.39, 0.29) is 58.2 Å². The van der Waals surface area contributed by atoms with E-state index in [2.05, 4.69) is 31.0 Å². The van der Waals surface area contributed by atoms with Crippen LogP contribution in [0.4, 0.5) is 19.0 Å². The summed E-state index contributed by atoms with van der Waals surface area (Å²) in [7, 11) is 0. The normalized spacial score (nSPS) is 26.5. The van der Waals surface area contributed by atoms with Crippen LogP contribution in [-0.2, 0) is 0 Å². The Balaban J connectivity index is 1.24. The largest absolute Gasteiger partial charge is 0.508 e. The van der Waals surface area contributed by atoms with Gasteiger partial charge in [0.2, 0.25) is 0 Å². The van der Waals surface area contributed by atoms with E-state index in [0.29, 0.717) is 48.7 Å². The highest BCUT2D eigenvalue weighted by Gasteiger charge is 2.45. The molecular formula is C35H35F3N6O2. The second-order valence-corrected chi connectivity index (χ2v) is 13.6. The van der Waals surface area contributed by atoms with Gasteiger partial charge < -0.3 is 20.1 Å². The minimum Gasteiger partial charge on any atom is -0.508 e. The Morgan fingerprint density at radius 2 is 1.89 bits per heavy atom. The van der Waals surface area contributed by atoms with Crippen molar-refractivity contribution in [3.8, 4) is 35.4 Å². The monoisotopic (exact) mass is 628 g/mol. The highest BCUT2D eigenvalue weighted by Crippen LogP contribution is 2.41. The number of ether oxygens (including phenoxy) is 1. The van der Waals surface area contributed by atoms with Crippen LogP contribution < -0.4 is 15.0 Å². The first kappa shape index (κ1) is 29.3. The van der Waals surface area contributed by atoms with Crippen molar-refractivity contribution < 1.29 is 23.0 Å². The van der Waals surface area contributed by atoms with Crippen LogP contribution in [0.5, 0.6) is 11.8 Å². The zero-order valence-electron chi connectivity index (χ0n) is 25.6. The number of alkyl halides is 1. The van der Waals surface area contributed by atoms with Crippen molar-refractivity contribution in [1.82, 2.24) is 25.2 Å². The molecular weight excluding hydrogens is 593 g/mol. The number of piperazine rings is 1. The molecule has 0 radical (unpaired) electrons. The van der Waals surface area contributed by atoms with Crippen molar-refractivity contribution in [2.45, 2.75) is 63.3 Å². The van der Waals surface area contributed by atoms with Crippen LogP contribution in [0.15, 0.2) is 30.5 Å². The number of pyridine rings is 1. The quantitative estimate of drug-likeness (QED) is 0.277. The Morgan fingerprint density at radius 3 is 2.63 bits per heavy atom. The summed E-state index contributed by atoms with van der Waals surface area (Å²) in [5.74, 6) is 1.30. The summed E-state index contributed by atoms with van der Waals surface area (Å²) in [4.78, 5) is 18.3. The molecule has 3 saturated heterocycles.